The number of aromatic amines is 1. The van der Waals surface area contributed by atoms with Gasteiger partial charge in [-0.3, -0.25) is 24.4 Å². The summed E-state index contributed by atoms with van der Waals surface area (Å²) in [6.07, 6.45) is 2.66. The van der Waals surface area contributed by atoms with Gasteiger partial charge in [-0.25, -0.2) is 5.10 Å². The Bertz CT molecular complexity index is 1640. The number of pyridine rings is 2. The summed E-state index contributed by atoms with van der Waals surface area (Å²) in [5.74, 6) is -1.69. The second kappa shape index (κ2) is 11.3. The Morgan fingerprint density at radius 1 is 1.15 bits per heavy atom. The number of nitrogens with zero attached hydrogens (tertiary/aromatic N) is 6. The molecule has 0 bridgehead atoms. The first-order chi connectivity index (χ1) is 19.2. The first-order valence-corrected chi connectivity index (χ1v) is 13.1. The number of phenols is 1. The van der Waals surface area contributed by atoms with Crippen LogP contribution >= 0.6 is 11.8 Å². The summed E-state index contributed by atoms with van der Waals surface area (Å²) in [5, 5.41) is 39.4. The molecule has 5 heterocycles. The van der Waals surface area contributed by atoms with Crippen molar-refractivity contribution in [1.29, 1.82) is 0 Å². The van der Waals surface area contributed by atoms with Gasteiger partial charge in [0, 0.05) is 17.1 Å². The minimum absolute atomic E-state index is 0. The van der Waals surface area contributed by atoms with E-state index in [4.69, 9.17) is 0 Å². The first kappa shape index (κ1) is 29.3. The summed E-state index contributed by atoms with van der Waals surface area (Å²) in [6.45, 7) is 3.93. The number of amides is 3. The van der Waals surface area contributed by atoms with Gasteiger partial charge in [0.15, 0.2) is 11.6 Å². The van der Waals surface area contributed by atoms with Gasteiger partial charge in [0.05, 0.1) is 5.52 Å². The van der Waals surface area contributed by atoms with E-state index in [0.717, 1.165) is 0 Å². The van der Waals surface area contributed by atoms with E-state index >= 15 is 0 Å². The van der Waals surface area contributed by atoms with E-state index in [1.807, 2.05) is 13.8 Å². The predicted molar refractivity (Wildman–Crippen MR) is 148 cm³/mol. The summed E-state index contributed by atoms with van der Waals surface area (Å²) in [6, 6.07) is 6.48. The summed E-state index contributed by atoms with van der Waals surface area (Å²) in [7, 11) is 0. The van der Waals surface area contributed by atoms with Crippen LogP contribution in [0, 0.1) is 0 Å². The van der Waals surface area contributed by atoms with E-state index in [1.54, 1.807) is 17.0 Å². The molecule has 2 aliphatic rings. The van der Waals surface area contributed by atoms with Gasteiger partial charge in [-0.2, -0.15) is 0 Å². The monoisotopic (exact) mass is 601 g/mol. The van der Waals surface area contributed by atoms with Gasteiger partial charge in [-0.05, 0) is 54.1 Å². The van der Waals surface area contributed by atoms with E-state index in [2.05, 4.69) is 41.2 Å². The Morgan fingerprint density at radius 3 is 2.61 bits per heavy atom. The summed E-state index contributed by atoms with van der Waals surface area (Å²) in [5.41, 5.74) is 0.709. The third-order valence-corrected chi connectivity index (χ3v) is 8.54. The van der Waals surface area contributed by atoms with Crippen molar-refractivity contribution in [3.8, 4) is 11.5 Å². The molecule has 2 fully saturated rings. The van der Waals surface area contributed by atoms with E-state index in [1.165, 1.54) is 48.4 Å². The second-order valence-corrected chi connectivity index (χ2v) is 11.7. The Hall–Kier alpha value is -3.15. The SMILES string of the molecule is CC1(C)S[C@@H]2C(NC(=O)C(NC(=O)c3cnc4cccnc4c3O)c3ccc(O)cc3)C(=O)N2C1c1nnn[nH]1.[KH]. The van der Waals surface area contributed by atoms with Crippen LogP contribution in [-0.4, -0.2) is 131 Å². The Kier molecular flexibility index (Phi) is 8.06. The fourth-order valence-electron chi connectivity index (χ4n) is 5.06. The van der Waals surface area contributed by atoms with Gasteiger partial charge in [0.25, 0.3) is 5.91 Å². The number of H-pyrrole nitrogens is 1. The predicted octanol–water partition coefficient (Wildman–Crippen LogP) is 0.296. The van der Waals surface area contributed by atoms with E-state index in [0.29, 0.717) is 16.9 Å². The molecule has 6 rings (SSSR count). The van der Waals surface area contributed by atoms with Crippen LogP contribution in [0.5, 0.6) is 11.5 Å². The quantitative estimate of drug-likeness (QED) is 0.150. The molecular formula is C25H24KN9O5S. The van der Waals surface area contributed by atoms with Crippen molar-refractivity contribution < 1.29 is 24.6 Å². The topological polar surface area (TPSA) is 199 Å². The Morgan fingerprint density at radius 2 is 1.90 bits per heavy atom. The van der Waals surface area contributed by atoms with Crippen LogP contribution in [0.1, 0.15) is 47.7 Å². The van der Waals surface area contributed by atoms with Crippen molar-refractivity contribution in [2.24, 2.45) is 0 Å². The number of carbonyl (C=O) groups is 3. The standard InChI is InChI=1S/C25H23N9O5S.K.H/c1-25(2)19(20-30-32-33-31-20)34-23(39)17(24(34)40-25)29-22(38)15(11-5-7-12(35)8-6-11)28-21(37)13-10-27-14-4-3-9-26-16(14)18(13)36;;/h3-10,15,17,19,24,35H,1-2H3,(H,27,36)(H,28,37)(H,29,38)(H,30,31,32,33);;/t15?,17?,19?,24-;;/m1../s1. The normalized spacial score (nSPS) is 21.4. The minimum atomic E-state index is -1.26. The number of phenolic OH excluding ortho intramolecular Hbond substituents is 1. The molecule has 1 aromatic carbocycles. The van der Waals surface area contributed by atoms with Crippen LogP contribution in [-0.2, 0) is 9.59 Å². The Labute approximate surface area is 279 Å². The number of nitrogens with one attached hydrogen (secondary N) is 3. The van der Waals surface area contributed by atoms with Crippen LogP contribution in [0.3, 0.4) is 0 Å². The van der Waals surface area contributed by atoms with E-state index in [-0.39, 0.29) is 85.2 Å². The second-order valence-electron chi connectivity index (χ2n) is 9.92. The molecule has 4 atom stereocenters. The first-order valence-electron chi connectivity index (χ1n) is 12.2. The molecule has 0 spiro atoms. The molecule has 3 amide bonds. The average Bonchev–Trinajstić information content (AvgIpc) is 3.55. The molecule has 3 aromatic heterocycles. The molecule has 206 valence electrons. The molecule has 14 nitrogen and oxygen atoms in total. The maximum atomic E-state index is 13.6. The molecule has 2 aliphatic heterocycles. The molecule has 4 aromatic rings. The van der Waals surface area contributed by atoms with Gasteiger partial charge in [0.2, 0.25) is 11.8 Å². The number of carbonyl (C=O) groups excluding carboxylic acids is 3. The van der Waals surface area contributed by atoms with E-state index in [9.17, 15) is 24.6 Å². The molecule has 5 N–H and O–H groups in total. The summed E-state index contributed by atoms with van der Waals surface area (Å²) < 4.78 is -0.444. The maximum absolute atomic E-state index is 13.6. The number of fused-ring (bicyclic) bond motifs is 2. The van der Waals surface area contributed by atoms with Gasteiger partial charge in [0.1, 0.15) is 40.3 Å². The van der Waals surface area contributed by atoms with Crippen LogP contribution in [0.2, 0.25) is 0 Å². The van der Waals surface area contributed by atoms with Gasteiger partial charge >= 0.3 is 51.4 Å². The average molecular weight is 602 g/mol. The molecule has 0 radical (unpaired) electrons. The fourth-order valence-corrected chi connectivity index (χ4v) is 6.69. The number of hydrogen-bond acceptors (Lipinski definition) is 11. The Balaban J connectivity index is 0.00000337. The third-order valence-electron chi connectivity index (χ3n) is 6.97. The number of β-lactam (4-membered cyclic amide) rings is 1. The molecule has 2 saturated heterocycles. The number of aromatic nitrogens is 6. The number of aromatic hydroxyl groups is 2. The molecule has 3 unspecified atom stereocenters. The molecular weight excluding hydrogens is 577 g/mol. The molecule has 0 aliphatic carbocycles. The fraction of sp³-hybridized carbons (Fsp3) is 0.280. The number of rotatable bonds is 6. The van der Waals surface area contributed by atoms with Gasteiger partial charge in [-0.15, -0.1) is 16.9 Å². The zero-order valence-corrected chi connectivity index (χ0v) is 22.0. The van der Waals surface area contributed by atoms with Crippen molar-refractivity contribution in [2.45, 2.75) is 42.1 Å². The van der Waals surface area contributed by atoms with Crippen molar-refractivity contribution >= 4 is 91.9 Å². The van der Waals surface area contributed by atoms with Crippen LogP contribution in [0.4, 0.5) is 0 Å². The number of tetrazole rings is 1. The summed E-state index contributed by atoms with van der Waals surface area (Å²) in [4.78, 5) is 50.0. The van der Waals surface area contributed by atoms with Crippen molar-refractivity contribution in [3.63, 3.8) is 0 Å². The molecule has 0 saturated carbocycles. The number of thioether (sulfide) groups is 1. The zero-order valence-electron chi connectivity index (χ0n) is 21.1. The van der Waals surface area contributed by atoms with Gasteiger partial charge < -0.3 is 25.7 Å². The zero-order chi connectivity index (χ0) is 28.2. The number of benzene rings is 1. The number of hydrogen-bond donors (Lipinski definition) is 5. The van der Waals surface area contributed by atoms with Crippen LogP contribution in [0.15, 0.2) is 48.8 Å². The molecule has 41 heavy (non-hydrogen) atoms. The molecule has 16 heteroatoms. The summed E-state index contributed by atoms with van der Waals surface area (Å²) >= 11 is 1.51. The van der Waals surface area contributed by atoms with Crippen LogP contribution < -0.4 is 10.6 Å². The van der Waals surface area contributed by atoms with Crippen molar-refractivity contribution in [1.82, 2.24) is 46.1 Å². The van der Waals surface area contributed by atoms with Crippen molar-refractivity contribution in [3.05, 3.63) is 65.7 Å². The van der Waals surface area contributed by atoms with Crippen LogP contribution in [0.25, 0.3) is 11.0 Å². The third kappa shape index (κ3) is 5.19. The van der Waals surface area contributed by atoms with Gasteiger partial charge in [-0.1, -0.05) is 12.1 Å². The van der Waals surface area contributed by atoms with E-state index < -0.39 is 34.7 Å². The van der Waals surface area contributed by atoms with Crippen molar-refractivity contribution in [2.75, 3.05) is 0 Å².